The van der Waals surface area contributed by atoms with Crippen molar-refractivity contribution in [3.8, 4) is 16.9 Å². The molecule has 2 aromatic rings. The molecule has 0 fully saturated rings. The first-order chi connectivity index (χ1) is 9.70. The molecule has 0 saturated heterocycles. The first-order valence-corrected chi connectivity index (χ1v) is 7.13. The fourth-order valence-electron chi connectivity index (χ4n) is 2.18. The van der Waals surface area contributed by atoms with Crippen molar-refractivity contribution < 1.29 is 9.90 Å². The zero-order valence-corrected chi connectivity index (χ0v) is 11.8. The standard InChI is InChI=1S/C18H20O2/c1-2-3-4-5-18(20)16-8-6-14(7-9-16)15-10-12-17(19)13-11-15/h6-13,19H,2-5H2,1H3. The Morgan fingerprint density at radius 3 is 2.00 bits per heavy atom. The molecule has 0 atom stereocenters. The molecule has 0 amide bonds. The van der Waals surface area contributed by atoms with Crippen LogP contribution in [0, 0.1) is 0 Å². The summed E-state index contributed by atoms with van der Waals surface area (Å²) in [6.07, 6.45) is 3.84. The van der Waals surface area contributed by atoms with Crippen molar-refractivity contribution in [3.05, 3.63) is 54.1 Å². The molecule has 0 radical (unpaired) electrons. The van der Waals surface area contributed by atoms with Crippen LogP contribution in [-0.4, -0.2) is 10.9 Å². The molecule has 0 spiro atoms. The molecule has 104 valence electrons. The van der Waals surface area contributed by atoms with Crippen LogP contribution in [-0.2, 0) is 0 Å². The van der Waals surface area contributed by atoms with Crippen molar-refractivity contribution in [2.24, 2.45) is 0 Å². The molecular weight excluding hydrogens is 248 g/mol. The van der Waals surface area contributed by atoms with Gasteiger partial charge in [-0.15, -0.1) is 0 Å². The first-order valence-electron chi connectivity index (χ1n) is 7.13. The van der Waals surface area contributed by atoms with Gasteiger partial charge in [0, 0.05) is 12.0 Å². The summed E-state index contributed by atoms with van der Waals surface area (Å²) in [6, 6.07) is 14.8. The quantitative estimate of drug-likeness (QED) is 0.602. The van der Waals surface area contributed by atoms with Gasteiger partial charge in [-0.3, -0.25) is 4.79 Å². The van der Waals surface area contributed by atoms with Crippen LogP contribution in [0.1, 0.15) is 43.0 Å². The zero-order chi connectivity index (χ0) is 14.4. The van der Waals surface area contributed by atoms with E-state index >= 15 is 0 Å². The van der Waals surface area contributed by atoms with Crippen LogP contribution in [0.4, 0.5) is 0 Å². The monoisotopic (exact) mass is 268 g/mol. The van der Waals surface area contributed by atoms with Crippen LogP contribution >= 0.6 is 0 Å². The highest BCUT2D eigenvalue weighted by molar-refractivity contribution is 5.96. The summed E-state index contributed by atoms with van der Waals surface area (Å²) in [5.41, 5.74) is 2.87. The summed E-state index contributed by atoms with van der Waals surface area (Å²) in [5, 5.41) is 9.28. The Hall–Kier alpha value is -2.09. The van der Waals surface area contributed by atoms with Crippen LogP contribution in [0.2, 0.25) is 0 Å². The van der Waals surface area contributed by atoms with E-state index < -0.39 is 0 Å². The topological polar surface area (TPSA) is 37.3 Å². The first kappa shape index (κ1) is 14.3. The van der Waals surface area contributed by atoms with Gasteiger partial charge in [0.25, 0.3) is 0 Å². The summed E-state index contributed by atoms with van der Waals surface area (Å²) in [7, 11) is 0. The molecular formula is C18H20O2. The van der Waals surface area contributed by atoms with E-state index in [2.05, 4.69) is 6.92 Å². The molecule has 0 heterocycles. The predicted molar refractivity (Wildman–Crippen MR) is 82.0 cm³/mol. The van der Waals surface area contributed by atoms with Gasteiger partial charge >= 0.3 is 0 Å². The van der Waals surface area contributed by atoms with Gasteiger partial charge in [-0.25, -0.2) is 0 Å². The average molecular weight is 268 g/mol. The summed E-state index contributed by atoms with van der Waals surface area (Å²) in [5.74, 6) is 0.479. The van der Waals surface area contributed by atoms with Gasteiger partial charge < -0.3 is 5.11 Å². The van der Waals surface area contributed by atoms with Gasteiger partial charge in [0.1, 0.15) is 5.75 Å². The number of carbonyl (C=O) groups excluding carboxylic acids is 1. The molecule has 0 aliphatic carbocycles. The van der Waals surface area contributed by atoms with E-state index in [0.29, 0.717) is 6.42 Å². The molecule has 0 aliphatic rings. The lowest BCUT2D eigenvalue weighted by Crippen LogP contribution is -1.98. The third-order valence-corrected chi connectivity index (χ3v) is 3.41. The molecule has 1 N–H and O–H groups in total. The van der Waals surface area contributed by atoms with Crippen LogP contribution < -0.4 is 0 Å². The summed E-state index contributed by atoms with van der Waals surface area (Å²) in [6.45, 7) is 2.14. The SMILES string of the molecule is CCCCCC(=O)c1ccc(-c2ccc(O)cc2)cc1. The second-order valence-electron chi connectivity index (χ2n) is 5.00. The van der Waals surface area contributed by atoms with Gasteiger partial charge in [-0.2, -0.15) is 0 Å². The Balaban J connectivity index is 2.06. The molecule has 2 aromatic carbocycles. The van der Waals surface area contributed by atoms with Crippen molar-refractivity contribution in [1.29, 1.82) is 0 Å². The van der Waals surface area contributed by atoms with Gasteiger partial charge in [-0.05, 0) is 29.7 Å². The Labute approximate surface area is 120 Å². The van der Waals surface area contributed by atoms with Crippen LogP contribution in [0.15, 0.2) is 48.5 Å². The minimum Gasteiger partial charge on any atom is -0.508 e. The number of aromatic hydroxyl groups is 1. The van der Waals surface area contributed by atoms with Crippen LogP contribution in [0.5, 0.6) is 5.75 Å². The van der Waals surface area contributed by atoms with E-state index in [1.807, 2.05) is 36.4 Å². The summed E-state index contributed by atoms with van der Waals surface area (Å²) in [4.78, 5) is 12.0. The van der Waals surface area contributed by atoms with E-state index in [4.69, 9.17) is 0 Å². The minimum atomic E-state index is 0.218. The normalized spacial score (nSPS) is 10.4. The molecule has 20 heavy (non-hydrogen) atoms. The van der Waals surface area contributed by atoms with Gasteiger partial charge in [0.05, 0.1) is 0 Å². The maximum Gasteiger partial charge on any atom is 0.162 e. The fourth-order valence-corrected chi connectivity index (χ4v) is 2.18. The molecule has 0 saturated carbocycles. The minimum absolute atomic E-state index is 0.218. The van der Waals surface area contributed by atoms with Crippen molar-refractivity contribution in [2.75, 3.05) is 0 Å². The molecule has 0 aromatic heterocycles. The number of rotatable bonds is 6. The average Bonchev–Trinajstić information content (AvgIpc) is 2.48. The van der Waals surface area contributed by atoms with E-state index in [1.165, 1.54) is 0 Å². The Morgan fingerprint density at radius 1 is 0.900 bits per heavy atom. The number of Topliss-reactive ketones (excluding diaryl/α,β-unsaturated/α-hetero) is 1. The number of ketones is 1. The lowest BCUT2D eigenvalue weighted by Gasteiger charge is -2.04. The zero-order valence-electron chi connectivity index (χ0n) is 11.8. The number of hydrogen-bond donors (Lipinski definition) is 1. The van der Waals surface area contributed by atoms with Crippen molar-refractivity contribution in [2.45, 2.75) is 32.6 Å². The highest BCUT2D eigenvalue weighted by Gasteiger charge is 2.06. The largest absolute Gasteiger partial charge is 0.508 e. The second-order valence-corrected chi connectivity index (χ2v) is 5.00. The van der Waals surface area contributed by atoms with Crippen molar-refractivity contribution in [3.63, 3.8) is 0 Å². The number of phenolic OH excluding ortho intramolecular Hbond substituents is 1. The number of unbranched alkanes of at least 4 members (excludes halogenated alkanes) is 2. The number of benzene rings is 2. The highest BCUT2D eigenvalue weighted by atomic mass is 16.3. The summed E-state index contributed by atoms with van der Waals surface area (Å²) >= 11 is 0. The van der Waals surface area contributed by atoms with E-state index in [9.17, 15) is 9.90 Å². The molecule has 2 heteroatoms. The van der Waals surface area contributed by atoms with Crippen molar-refractivity contribution in [1.82, 2.24) is 0 Å². The van der Waals surface area contributed by atoms with E-state index in [1.54, 1.807) is 12.1 Å². The molecule has 0 bridgehead atoms. The number of hydrogen-bond acceptors (Lipinski definition) is 2. The van der Waals surface area contributed by atoms with Gasteiger partial charge in [0.2, 0.25) is 0 Å². The molecule has 0 unspecified atom stereocenters. The van der Waals surface area contributed by atoms with Crippen LogP contribution in [0.3, 0.4) is 0 Å². The molecule has 0 aliphatic heterocycles. The number of phenols is 1. The Bertz CT molecular complexity index is 553. The lowest BCUT2D eigenvalue weighted by molar-refractivity contribution is 0.0979. The fraction of sp³-hybridized carbons (Fsp3) is 0.278. The predicted octanol–water partition coefficient (Wildman–Crippen LogP) is 4.82. The van der Waals surface area contributed by atoms with E-state index in [0.717, 1.165) is 36.0 Å². The van der Waals surface area contributed by atoms with Crippen LogP contribution in [0.25, 0.3) is 11.1 Å². The smallest absolute Gasteiger partial charge is 0.162 e. The highest BCUT2D eigenvalue weighted by Crippen LogP contribution is 2.22. The maximum atomic E-state index is 12.0. The number of carbonyl (C=O) groups is 1. The maximum absolute atomic E-state index is 12.0. The third kappa shape index (κ3) is 3.70. The van der Waals surface area contributed by atoms with Gasteiger partial charge in [0.15, 0.2) is 5.78 Å². The third-order valence-electron chi connectivity index (χ3n) is 3.41. The molecule has 2 rings (SSSR count). The summed E-state index contributed by atoms with van der Waals surface area (Å²) < 4.78 is 0. The van der Waals surface area contributed by atoms with E-state index in [-0.39, 0.29) is 11.5 Å². The lowest BCUT2D eigenvalue weighted by atomic mass is 10.0. The second kappa shape index (κ2) is 6.90. The Morgan fingerprint density at radius 2 is 1.45 bits per heavy atom. The van der Waals surface area contributed by atoms with Crippen molar-refractivity contribution >= 4 is 5.78 Å². The Kier molecular flexibility index (Phi) is 4.94. The van der Waals surface area contributed by atoms with Gasteiger partial charge in [-0.1, -0.05) is 56.2 Å². The molecule has 2 nitrogen and oxygen atoms in total.